The van der Waals surface area contributed by atoms with Crippen LogP contribution in [0, 0.1) is 0 Å². The number of aldehydes is 1. The number of rotatable bonds is 4. The summed E-state index contributed by atoms with van der Waals surface area (Å²) in [7, 11) is 0. The van der Waals surface area contributed by atoms with E-state index in [1.54, 1.807) is 11.3 Å². The Morgan fingerprint density at radius 3 is 2.46 bits per heavy atom. The molecule has 0 saturated carbocycles. The van der Waals surface area contributed by atoms with Crippen LogP contribution in [0.5, 0.6) is 0 Å². The molecule has 0 amide bonds. The Balaban J connectivity index is 1.92. The summed E-state index contributed by atoms with van der Waals surface area (Å²) >= 11 is 1.55. The second kappa shape index (κ2) is 6.06. The van der Waals surface area contributed by atoms with Gasteiger partial charge in [-0.25, -0.2) is 4.98 Å². The van der Waals surface area contributed by atoms with E-state index in [2.05, 4.69) is 24.4 Å². The highest BCUT2D eigenvalue weighted by Gasteiger charge is 2.18. The zero-order valence-electron chi connectivity index (χ0n) is 13.3. The minimum atomic E-state index is 0.606. The van der Waals surface area contributed by atoms with E-state index >= 15 is 0 Å². The van der Waals surface area contributed by atoms with Crippen molar-refractivity contribution in [2.45, 2.75) is 13.3 Å². The minimum Gasteiger partial charge on any atom is -0.296 e. The van der Waals surface area contributed by atoms with Gasteiger partial charge in [0.2, 0.25) is 0 Å². The molecule has 0 fully saturated rings. The van der Waals surface area contributed by atoms with Crippen molar-refractivity contribution in [1.29, 1.82) is 0 Å². The van der Waals surface area contributed by atoms with Gasteiger partial charge in [-0.15, -0.1) is 11.3 Å². The fourth-order valence-corrected chi connectivity index (χ4v) is 3.81. The van der Waals surface area contributed by atoms with Crippen molar-refractivity contribution in [2.75, 3.05) is 0 Å². The molecule has 0 spiro atoms. The number of aromatic nitrogens is 2. The summed E-state index contributed by atoms with van der Waals surface area (Å²) in [4.78, 5) is 17.4. The molecule has 2 aromatic carbocycles. The van der Waals surface area contributed by atoms with Crippen molar-refractivity contribution in [3.63, 3.8) is 0 Å². The van der Waals surface area contributed by atoms with Crippen LogP contribution in [-0.2, 0) is 6.42 Å². The number of imidazole rings is 1. The van der Waals surface area contributed by atoms with Crippen LogP contribution < -0.4 is 0 Å². The van der Waals surface area contributed by atoms with Crippen LogP contribution >= 0.6 is 11.3 Å². The number of thiazole rings is 1. The SMILES string of the molecule is CCc1ccc(-c2nc3scc(-c4ccccc4)n3c2C=O)cc1. The van der Waals surface area contributed by atoms with E-state index in [-0.39, 0.29) is 0 Å². The van der Waals surface area contributed by atoms with Gasteiger partial charge in [0.25, 0.3) is 0 Å². The molecule has 0 atom stereocenters. The van der Waals surface area contributed by atoms with Crippen LogP contribution in [0.25, 0.3) is 27.5 Å². The number of nitrogens with zero attached hydrogens (tertiary/aromatic N) is 2. The maximum absolute atomic E-state index is 11.8. The van der Waals surface area contributed by atoms with E-state index in [0.29, 0.717) is 5.69 Å². The maximum Gasteiger partial charge on any atom is 0.195 e. The largest absolute Gasteiger partial charge is 0.296 e. The normalized spacial score (nSPS) is 11.0. The Hall–Kier alpha value is -2.72. The fraction of sp³-hybridized carbons (Fsp3) is 0.100. The van der Waals surface area contributed by atoms with Crippen LogP contribution in [0.15, 0.2) is 60.0 Å². The van der Waals surface area contributed by atoms with Crippen LogP contribution in [-0.4, -0.2) is 15.7 Å². The van der Waals surface area contributed by atoms with E-state index in [0.717, 1.165) is 40.2 Å². The second-order valence-electron chi connectivity index (χ2n) is 5.62. The minimum absolute atomic E-state index is 0.606. The summed E-state index contributed by atoms with van der Waals surface area (Å²) in [6.45, 7) is 2.13. The Labute approximate surface area is 144 Å². The molecule has 0 aliphatic carbocycles. The molecular formula is C20H16N2OS. The lowest BCUT2D eigenvalue weighted by atomic mass is 10.1. The summed E-state index contributed by atoms with van der Waals surface area (Å²) in [5.41, 5.74) is 5.69. The predicted octanol–water partition coefficient (Wildman–Crippen LogP) is 5.10. The number of hydrogen-bond donors (Lipinski definition) is 0. The van der Waals surface area contributed by atoms with E-state index in [1.807, 2.05) is 46.9 Å². The van der Waals surface area contributed by atoms with Crippen molar-refractivity contribution >= 4 is 22.6 Å². The van der Waals surface area contributed by atoms with Crippen molar-refractivity contribution in [1.82, 2.24) is 9.38 Å². The highest BCUT2D eigenvalue weighted by Crippen LogP contribution is 2.32. The van der Waals surface area contributed by atoms with Crippen molar-refractivity contribution in [3.05, 3.63) is 71.2 Å². The predicted molar refractivity (Wildman–Crippen MR) is 98.7 cm³/mol. The summed E-state index contributed by atoms with van der Waals surface area (Å²) in [5, 5.41) is 2.05. The van der Waals surface area contributed by atoms with Crippen molar-refractivity contribution < 1.29 is 4.79 Å². The average Bonchev–Trinajstić information content (AvgIpc) is 3.21. The van der Waals surface area contributed by atoms with Gasteiger partial charge in [0.15, 0.2) is 11.2 Å². The van der Waals surface area contributed by atoms with Gasteiger partial charge in [-0.1, -0.05) is 61.5 Å². The monoisotopic (exact) mass is 332 g/mol. The first-order valence-electron chi connectivity index (χ1n) is 7.91. The topological polar surface area (TPSA) is 34.4 Å². The molecule has 0 bridgehead atoms. The molecule has 0 aliphatic heterocycles. The standard InChI is InChI=1S/C20H16N2OS/c1-2-14-8-10-16(11-9-14)19-17(12-23)22-18(13-24-20(22)21-19)15-6-4-3-5-7-15/h3-13H,2H2,1H3. The highest BCUT2D eigenvalue weighted by molar-refractivity contribution is 7.15. The first-order chi connectivity index (χ1) is 11.8. The van der Waals surface area contributed by atoms with Gasteiger partial charge in [0.05, 0.1) is 5.69 Å². The smallest absolute Gasteiger partial charge is 0.195 e. The van der Waals surface area contributed by atoms with Crippen LogP contribution in [0.3, 0.4) is 0 Å². The molecule has 24 heavy (non-hydrogen) atoms. The van der Waals surface area contributed by atoms with Gasteiger partial charge in [-0.3, -0.25) is 9.20 Å². The molecule has 0 N–H and O–H groups in total. The van der Waals surface area contributed by atoms with E-state index in [1.165, 1.54) is 5.56 Å². The molecule has 4 aromatic rings. The molecule has 2 aromatic heterocycles. The third-order valence-electron chi connectivity index (χ3n) is 4.22. The van der Waals surface area contributed by atoms with Crippen LogP contribution in [0.2, 0.25) is 0 Å². The van der Waals surface area contributed by atoms with E-state index in [9.17, 15) is 4.79 Å². The molecule has 118 valence electrons. The molecule has 0 radical (unpaired) electrons. The van der Waals surface area contributed by atoms with E-state index < -0.39 is 0 Å². The van der Waals surface area contributed by atoms with E-state index in [4.69, 9.17) is 4.98 Å². The quantitative estimate of drug-likeness (QED) is 0.487. The summed E-state index contributed by atoms with van der Waals surface area (Å²) in [6, 6.07) is 18.4. The highest BCUT2D eigenvalue weighted by atomic mass is 32.1. The zero-order chi connectivity index (χ0) is 16.5. The number of carbonyl (C=O) groups excluding carboxylic acids is 1. The molecule has 0 aliphatic rings. The lowest BCUT2D eigenvalue weighted by molar-refractivity contribution is 0.111. The summed E-state index contributed by atoms with van der Waals surface area (Å²) in [6.07, 6.45) is 1.90. The molecule has 3 nitrogen and oxygen atoms in total. The fourth-order valence-electron chi connectivity index (χ4n) is 2.91. The third-order valence-corrected chi connectivity index (χ3v) is 5.04. The van der Waals surface area contributed by atoms with Crippen molar-refractivity contribution in [2.24, 2.45) is 0 Å². The third kappa shape index (κ3) is 2.36. The molecule has 0 saturated heterocycles. The number of aryl methyl sites for hydroxylation is 1. The molecule has 4 heteroatoms. The number of carbonyl (C=O) groups is 1. The zero-order valence-corrected chi connectivity index (χ0v) is 14.1. The van der Waals surface area contributed by atoms with Gasteiger partial charge >= 0.3 is 0 Å². The Bertz CT molecular complexity index is 997. The van der Waals surface area contributed by atoms with Gasteiger partial charge < -0.3 is 0 Å². The van der Waals surface area contributed by atoms with Gasteiger partial charge in [-0.2, -0.15) is 0 Å². The summed E-state index contributed by atoms with van der Waals surface area (Å²) < 4.78 is 1.95. The van der Waals surface area contributed by atoms with Gasteiger partial charge in [0.1, 0.15) is 11.4 Å². The lowest BCUT2D eigenvalue weighted by Gasteiger charge is -2.03. The maximum atomic E-state index is 11.8. The lowest BCUT2D eigenvalue weighted by Crippen LogP contribution is -1.94. The number of hydrogen-bond acceptors (Lipinski definition) is 3. The Morgan fingerprint density at radius 2 is 1.79 bits per heavy atom. The van der Waals surface area contributed by atoms with Crippen molar-refractivity contribution in [3.8, 4) is 22.5 Å². The Kier molecular flexibility index (Phi) is 3.75. The molecule has 4 rings (SSSR count). The second-order valence-corrected chi connectivity index (χ2v) is 6.46. The molecule has 0 unspecified atom stereocenters. The summed E-state index contributed by atoms with van der Waals surface area (Å²) in [5.74, 6) is 0. The van der Waals surface area contributed by atoms with Crippen LogP contribution in [0.1, 0.15) is 23.0 Å². The van der Waals surface area contributed by atoms with Gasteiger partial charge in [0, 0.05) is 10.9 Å². The number of benzene rings is 2. The molecule has 2 heterocycles. The molecular weight excluding hydrogens is 316 g/mol. The van der Waals surface area contributed by atoms with Crippen LogP contribution in [0.4, 0.5) is 0 Å². The van der Waals surface area contributed by atoms with Gasteiger partial charge in [-0.05, 0) is 17.5 Å². The first kappa shape index (κ1) is 14.8. The Morgan fingerprint density at radius 1 is 1.04 bits per heavy atom. The average molecular weight is 332 g/mol. The number of fused-ring (bicyclic) bond motifs is 1. The first-order valence-corrected chi connectivity index (χ1v) is 8.79.